The minimum atomic E-state index is 0.411. The van der Waals surface area contributed by atoms with Crippen LogP contribution in [0, 0.1) is 0 Å². The highest BCUT2D eigenvalue weighted by Crippen LogP contribution is 2.14. The van der Waals surface area contributed by atoms with Crippen LogP contribution in [0.5, 0.6) is 5.75 Å². The highest BCUT2D eigenvalue weighted by molar-refractivity contribution is 5.79. The Bertz CT molecular complexity index is 457. The van der Waals surface area contributed by atoms with E-state index in [0.717, 1.165) is 43.4 Å². The van der Waals surface area contributed by atoms with Gasteiger partial charge in [-0.05, 0) is 37.0 Å². The third-order valence-electron chi connectivity index (χ3n) is 3.60. The van der Waals surface area contributed by atoms with Crippen LogP contribution in [0.3, 0.4) is 0 Å². The SMILES string of the molecule is CN=C(NCCC1CCCO1)NCc1cccc(OC)c1. The van der Waals surface area contributed by atoms with Gasteiger partial charge in [-0.3, -0.25) is 4.99 Å². The van der Waals surface area contributed by atoms with Crippen LogP contribution in [0.2, 0.25) is 0 Å². The fraction of sp³-hybridized carbons (Fsp3) is 0.562. The molecule has 0 aliphatic carbocycles. The van der Waals surface area contributed by atoms with Gasteiger partial charge in [0.05, 0.1) is 13.2 Å². The second kappa shape index (κ2) is 8.52. The van der Waals surface area contributed by atoms with Crippen molar-refractivity contribution in [2.75, 3.05) is 27.3 Å². The summed E-state index contributed by atoms with van der Waals surface area (Å²) in [6.07, 6.45) is 3.80. The van der Waals surface area contributed by atoms with Gasteiger partial charge in [0.1, 0.15) is 5.75 Å². The first kappa shape index (κ1) is 15.6. The van der Waals surface area contributed by atoms with Gasteiger partial charge in [-0.25, -0.2) is 0 Å². The van der Waals surface area contributed by atoms with E-state index in [9.17, 15) is 0 Å². The molecule has 1 aliphatic heterocycles. The van der Waals surface area contributed by atoms with Gasteiger partial charge >= 0.3 is 0 Å². The highest BCUT2D eigenvalue weighted by Gasteiger charge is 2.14. The topological polar surface area (TPSA) is 54.9 Å². The van der Waals surface area contributed by atoms with Crippen LogP contribution >= 0.6 is 0 Å². The van der Waals surface area contributed by atoms with Gasteiger partial charge in [0.25, 0.3) is 0 Å². The standard InChI is InChI=1S/C16H25N3O2/c1-17-16(18-9-8-14-7-4-10-21-14)19-12-13-5-3-6-15(11-13)20-2/h3,5-6,11,14H,4,7-10,12H2,1-2H3,(H2,17,18,19). The number of rotatable bonds is 6. The second-order valence-electron chi connectivity index (χ2n) is 5.13. The van der Waals surface area contributed by atoms with Crippen LogP contribution in [0.25, 0.3) is 0 Å². The van der Waals surface area contributed by atoms with E-state index in [-0.39, 0.29) is 0 Å². The molecule has 1 aliphatic rings. The van der Waals surface area contributed by atoms with E-state index in [1.807, 2.05) is 18.2 Å². The minimum Gasteiger partial charge on any atom is -0.497 e. The van der Waals surface area contributed by atoms with Crippen LogP contribution in [0.4, 0.5) is 0 Å². The van der Waals surface area contributed by atoms with Crippen LogP contribution in [0.15, 0.2) is 29.3 Å². The van der Waals surface area contributed by atoms with E-state index in [4.69, 9.17) is 9.47 Å². The summed E-state index contributed by atoms with van der Waals surface area (Å²) in [5, 5.41) is 6.63. The first-order chi connectivity index (χ1) is 10.3. The summed E-state index contributed by atoms with van der Waals surface area (Å²) in [6.45, 7) is 2.51. The molecule has 0 radical (unpaired) electrons. The summed E-state index contributed by atoms with van der Waals surface area (Å²) in [5.74, 6) is 1.69. The molecule has 2 rings (SSSR count). The average Bonchev–Trinajstić information content (AvgIpc) is 3.04. The maximum Gasteiger partial charge on any atom is 0.191 e. The number of nitrogens with zero attached hydrogens (tertiary/aromatic N) is 1. The van der Waals surface area contributed by atoms with Gasteiger partial charge in [-0.15, -0.1) is 0 Å². The van der Waals surface area contributed by atoms with Gasteiger partial charge in [0.15, 0.2) is 5.96 Å². The van der Waals surface area contributed by atoms with Crippen LogP contribution in [-0.4, -0.2) is 39.4 Å². The second-order valence-corrected chi connectivity index (χ2v) is 5.13. The zero-order valence-corrected chi connectivity index (χ0v) is 12.9. The molecule has 2 N–H and O–H groups in total. The summed E-state index contributed by atoms with van der Waals surface area (Å²) in [7, 11) is 3.46. The molecule has 0 spiro atoms. The highest BCUT2D eigenvalue weighted by atomic mass is 16.5. The third kappa shape index (κ3) is 5.27. The zero-order valence-electron chi connectivity index (χ0n) is 12.9. The molecule has 0 aromatic heterocycles. The van der Waals surface area contributed by atoms with Crippen molar-refractivity contribution in [3.8, 4) is 5.75 Å². The molecule has 0 bridgehead atoms. The average molecular weight is 291 g/mol. The monoisotopic (exact) mass is 291 g/mol. The Morgan fingerprint density at radius 2 is 2.33 bits per heavy atom. The molecule has 1 aromatic carbocycles. The number of aliphatic imine (C=N–C) groups is 1. The molecule has 21 heavy (non-hydrogen) atoms. The van der Waals surface area contributed by atoms with Crippen molar-refractivity contribution in [2.45, 2.75) is 31.9 Å². The van der Waals surface area contributed by atoms with E-state index < -0.39 is 0 Å². The molecule has 0 saturated carbocycles. The Hall–Kier alpha value is -1.75. The van der Waals surface area contributed by atoms with Gasteiger partial charge < -0.3 is 20.1 Å². The Morgan fingerprint density at radius 1 is 1.43 bits per heavy atom. The van der Waals surface area contributed by atoms with Crippen molar-refractivity contribution < 1.29 is 9.47 Å². The Morgan fingerprint density at radius 3 is 3.05 bits per heavy atom. The lowest BCUT2D eigenvalue weighted by molar-refractivity contribution is 0.105. The lowest BCUT2D eigenvalue weighted by atomic mass is 10.2. The summed E-state index contributed by atoms with van der Waals surface area (Å²) < 4.78 is 10.8. The molecule has 0 amide bonds. The fourth-order valence-electron chi connectivity index (χ4n) is 2.41. The number of guanidine groups is 1. The first-order valence-electron chi connectivity index (χ1n) is 7.51. The quantitative estimate of drug-likeness (QED) is 0.621. The fourth-order valence-corrected chi connectivity index (χ4v) is 2.41. The molecule has 1 aromatic rings. The summed E-state index contributed by atoms with van der Waals surface area (Å²) >= 11 is 0. The minimum absolute atomic E-state index is 0.411. The number of benzene rings is 1. The lowest BCUT2D eigenvalue weighted by Gasteiger charge is -2.14. The van der Waals surface area contributed by atoms with Crippen molar-refractivity contribution in [1.82, 2.24) is 10.6 Å². The largest absolute Gasteiger partial charge is 0.497 e. The Labute approximate surface area is 126 Å². The molecule has 1 saturated heterocycles. The number of ether oxygens (including phenoxy) is 2. The summed E-state index contributed by atoms with van der Waals surface area (Å²) in [5.41, 5.74) is 1.16. The van der Waals surface area contributed by atoms with E-state index in [0.29, 0.717) is 6.10 Å². The molecule has 5 nitrogen and oxygen atoms in total. The first-order valence-corrected chi connectivity index (χ1v) is 7.51. The maximum atomic E-state index is 5.61. The van der Waals surface area contributed by atoms with Crippen LogP contribution < -0.4 is 15.4 Å². The predicted molar refractivity (Wildman–Crippen MR) is 84.8 cm³/mol. The maximum absolute atomic E-state index is 5.61. The number of methoxy groups -OCH3 is 1. The molecule has 1 heterocycles. The smallest absolute Gasteiger partial charge is 0.191 e. The van der Waals surface area contributed by atoms with E-state index in [1.165, 1.54) is 12.8 Å². The van der Waals surface area contributed by atoms with E-state index in [1.54, 1.807) is 14.2 Å². The van der Waals surface area contributed by atoms with Gasteiger partial charge in [0.2, 0.25) is 0 Å². The Balaban J connectivity index is 1.71. The summed E-state index contributed by atoms with van der Waals surface area (Å²) in [4.78, 5) is 4.23. The number of hydrogen-bond donors (Lipinski definition) is 2. The van der Waals surface area contributed by atoms with Gasteiger partial charge in [0, 0.05) is 26.7 Å². The van der Waals surface area contributed by atoms with E-state index >= 15 is 0 Å². The molecule has 1 unspecified atom stereocenters. The van der Waals surface area contributed by atoms with Crippen molar-refractivity contribution in [3.05, 3.63) is 29.8 Å². The van der Waals surface area contributed by atoms with Crippen molar-refractivity contribution >= 4 is 5.96 Å². The molecule has 1 atom stereocenters. The van der Waals surface area contributed by atoms with Crippen molar-refractivity contribution in [2.24, 2.45) is 4.99 Å². The number of hydrogen-bond acceptors (Lipinski definition) is 3. The van der Waals surface area contributed by atoms with Gasteiger partial charge in [-0.1, -0.05) is 12.1 Å². The normalized spacial score (nSPS) is 18.6. The molecular formula is C16H25N3O2. The van der Waals surface area contributed by atoms with Crippen LogP contribution in [0.1, 0.15) is 24.8 Å². The lowest BCUT2D eigenvalue weighted by Crippen LogP contribution is -2.38. The van der Waals surface area contributed by atoms with Crippen molar-refractivity contribution in [3.63, 3.8) is 0 Å². The third-order valence-corrected chi connectivity index (χ3v) is 3.60. The van der Waals surface area contributed by atoms with Gasteiger partial charge in [-0.2, -0.15) is 0 Å². The zero-order chi connectivity index (χ0) is 14.9. The predicted octanol–water partition coefficient (Wildman–Crippen LogP) is 1.93. The molecule has 1 fully saturated rings. The molecule has 5 heteroatoms. The van der Waals surface area contributed by atoms with E-state index in [2.05, 4.69) is 21.7 Å². The summed E-state index contributed by atoms with van der Waals surface area (Å²) in [6, 6.07) is 8.02. The van der Waals surface area contributed by atoms with Crippen LogP contribution in [-0.2, 0) is 11.3 Å². The Kier molecular flexibility index (Phi) is 6.34. The molecular weight excluding hydrogens is 266 g/mol. The molecule has 116 valence electrons. The van der Waals surface area contributed by atoms with Crippen molar-refractivity contribution in [1.29, 1.82) is 0 Å². The number of nitrogens with one attached hydrogen (secondary N) is 2.